The summed E-state index contributed by atoms with van der Waals surface area (Å²) in [4.78, 5) is 11.8. The Kier molecular flexibility index (Phi) is 4.59. The van der Waals surface area contributed by atoms with Crippen LogP contribution in [0.25, 0.3) is 0 Å². The molecular weight excluding hydrogens is 260 g/mol. The fraction of sp³-hybridized carbons (Fsp3) is 0.333. The van der Waals surface area contributed by atoms with E-state index in [1.54, 1.807) is 0 Å². The maximum atomic E-state index is 11.8. The number of hydrazone groups is 1. The number of benzene rings is 1. The second-order valence-electron chi connectivity index (χ2n) is 4.22. The Morgan fingerprint density at radius 3 is 2.95 bits per heavy atom. The molecule has 0 saturated heterocycles. The van der Waals surface area contributed by atoms with Crippen molar-refractivity contribution in [3.05, 3.63) is 34.9 Å². The average Bonchev–Trinajstić information content (AvgIpc) is 2.41. The van der Waals surface area contributed by atoms with E-state index in [0.717, 1.165) is 17.7 Å². The van der Waals surface area contributed by atoms with Crippen LogP contribution in [0, 0.1) is 11.8 Å². The van der Waals surface area contributed by atoms with Crippen LogP contribution in [0.2, 0.25) is 5.02 Å². The number of hydrogen-bond acceptors (Lipinski definition) is 2. The monoisotopic (exact) mass is 274 g/mol. The van der Waals surface area contributed by atoms with E-state index in [9.17, 15) is 4.79 Å². The van der Waals surface area contributed by atoms with E-state index in [4.69, 9.17) is 11.6 Å². The highest BCUT2D eigenvalue weighted by Gasteiger charge is 2.20. The van der Waals surface area contributed by atoms with Crippen molar-refractivity contribution in [2.45, 2.75) is 26.2 Å². The Bertz CT molecular complexity index is 569. The Hall–Kier alpha value is -1.79. The van der Waals surface area contributed by atoms with Crippen LogP contribution in [0.15, 0.2) is 29.4 Å². The fourth-order valence-corrected chi connectivity index (χ4v) is 2.05. The summed E-state index contributed by atoms with van der Waals surface area (Å²) in [6, 6.07) is 7.53. The molecule has 1 heterocycles. The van der Waals surface area contributed by atoms with Gasteiger partial charge in [-0.15, -0.1) is 5.92 Å². The fourth-order valence-electron chi connectivity index (χ4n) is 1.86. The van der Waals surface area contributed by atoms with Crippen molar-refractivity contribution in [1.82, 2.24) is 5.01 Å². The molecule has 0 N–H and O–H groups in total. The van der Waals surface area contributed by atoms with Gasteiger partial charge in [-0.25, -0.2) is 5.01 Å². The van der Waals surface area contributed by atoms with Gasteiger partial charge in [0.2, 0.25) is 5.91 Å². The summed E-state index contributed by atoms with van der Waals surface area (Å²) in [5.74, 6) is 5.91. The van der Waals surface area contributed by atoms with Crippen LogP contribution in [-0.2, 0) is 4.79 Å². The third kappa shape index (κ3) is 3.59. The van der Waals surface area contributed by atoms with Gasteiger partial charge in [0.1, 0.15) is 6.54 Å². The molecule has 1 aliphatic rings. The molecule has 0 unspecified atom stereocenters. The first-order chi connectivity index (χ1) is 9.20. The summed E-state index contributed by atoms with van der Waals surface area (Å²) in [6.45, 7) is 2.34. The lowest BCUT2D eigenvalue weighted by molar-refractivity contribution is -0.131. The van der Waals surface area contributed by atoms with Crippen molar-refractivity contribution in [2.75, 3.05) is 6.54 Å². The summed E-state index contributed by atoms with van der Waals surface area (Å²) < 4.78 is 0. The highest BCUT2D eigenvalue weighted by Crippen LogP contribution is 2.18. The highest BCUT2D eigenvalue weighted by atomic mass is 35.5. The topological polar surface area (TPSA) is 32.7 Å². The summed E-state index contributed by atoms with van der Waals surface area (Å²) in [5.41, 5.74) is 1.86. The van der Waals surface area contributed by atoms with Crippen LogP contribution in [-0.4, -0.2) is 23.2 Å². The van der Waals surface area contributed by atoms with Crippen LogP contribution in [0.4, 0.5) is 0 Å². The predicted molar refractivity (Wildman–Crippen MR) is 77.0 cm³/mol. The van der Waals surface area contributed by atoms with Crippen LogP contribution in [0.3, 0.4) is 0 Å². The van der Waals surface area contributed by atoms with Crippen LogP contribution >= 0.6 is 11.6 Å². The maximum Gasteiger partial charge on any atom is 0.243 e. The number of carbonyl (C=O) groups is 1. The van der Waals surface area contributed by atoms with E-state index in [-0.39, 0.29) is 5.91 Å². The van der Waals surface area contributed by atoms with Crippen molar-refractivity contribution in [1.29, 1.82) is 0 Å². The zero-order chi connectivity index (χ0) is 13.7. The molecule has 0 fully saturated rings. The van der Waals surface area contributed by atoms with Gasteiger partial charge < -0.3 is 0 Å². The van der Waals surface area contributed by atoms with Crippen LogP contribution < -0.4 is 0 Å². The second-order valence-corrected chi connectivity index (χ2v) is 4.65. The largest absolute Gasteiger partial charge is 0.273 e. The van der Waals surface area contributed by atoms with Crippen molar-refractivity contribution < 1.29 is 4.79 Å². The average molecular weight is 275 g/mol. The van der Waals surface area contributed by atoms with Crippen molar-refractivity contribution in [3.63, 3.8) is 0 Å². The second kappa shape index (κ2) is 6.40. The molecule has 0 atom stereocenters. The first-order valence-corrected chi connectivity index (χ1v) is 6.68. The Labute approximate surface area is 118 Å². The third-order valence-electron chi connectivity index (χ3n) is 2.79. The molecule has 0 bridgehead atoms. The van der Waals surface area contributed by atoms with Gasteiger partial charge in [0, 0.05) is 24.3 Å². The summed E-state index contributed by atoms with van der Waals surface area (Å²) >= 11 is 5.97. The molecule has 0 spiro atoms. The molecule has 1 aromatic rings. The van der Waals surface area contributed by atoms with Crippen LogP contribution in [0.5, 0.6) is 0 Å². The summed E-state index contributed by atoms with van der Waals surface area (Å²) in [7, 11) is 0. The molecule has 0 radical (unpaired) electrons. The minimum atomic E-state index is 0.0242. The Morgan fingerprint density at radius 2 is 2.21 bits per heavy atom. The van der Waals surface area contributed by atoms with Crippen molar-refractivity contribution in [2.24, 2.45) is 5.10 Å². The predicted octanol–water partition coefficient (Wildman–Crippen LogP) is 3.08. The summed E-state index contributed by atoms with van der Waals surface area (Å²) in [5, 5.41) is 6.51. The van der Waals surface area contributed by atoms with E-state index in [2.05, 4.69) is 16.9 Å². The molecule has 4 heteroatoms. The van der Waals surface area contributed by atoms with Crippen molar-refractivity contribution in [3.8, 4) is 11.8 Å². The molecule has 0 aliphatic carbocycles. The molecule has 1 aliphatic heterocycles. The molecule has 3 nitrogen and oxygen atoms in total. The lowest BCUT2D eigenvalue weighted by Crippen LogP contribution is -2.32. The molecule has 2 rings (SSSR count). The highest BCUT2D eigenvalue weighted by molar-refractivity contribution is 6.31. The molecule has 1 aromatic carbocycles. The molecule has 98 valence electrons. The van der Waals surface area contributed by atoms with Gasteiger partial charge in [-0.3, -0.25) is 4.79 Å². The van der Waals surface area contributed by atoms with Gasteiger partial charge in [-0.2, -0.15) is 5.10 Å². The van der Waals surface area contributed by atoms with E-state index in [1.165, 1.54) is 5.01 Å². The van der Waals surface area contributed by atoms with Gasteiger partial charge in [0.15, 0.2) is 0 Å². The lowest BCUT2D eigenvalue weighted by Gasteiger charge is -2.21. The van der Waals surface area contributed by atoms with Gasteiger partial charge in [0.25, 0.3) is 0 Å². The Balaban J connectivity index is 2.21. The first kappa shape index (κ1) is 13.6. The van der Waals surface area contributed by atoms with Gasteiger partial charge >= 0.3 is 0 Å². The van der Waals surface area contributed by atoms with Gasteiger partial charge in [-0.1, -0.05) is 36.6 Å². The smallest absolute Gasteiger partial charge is 0.243 e. The van der Waals surface area contributed by atoms with Gasteiger partial charge in [0.05, 0.1) is 5.71 Å². The molecule has 0 saturated carbocycles. The van der Waals surface area contributed by atoms with Crippen LogP contribution in [0.1, 0.15) is 31.7 Å². The zero-order valence-electron chi connectivity index (χ0n) is 10.8. The number of nitrogens with zero attached hydrogens (tertiary/aromatic N) is 2. The molecule has 19 heavy (non-hydrogen) atoms. The third-order valence-corrected chi connectivity index (χ3v) is 3.03. The quantitative estimate of drug-likeness (QED) is 0.763. The number of amides is 1. The van der Waals surface area contributed by atoms with E-state index in [1.807, 2.05) is 31.2 Å². The normalized spacial score (nSPS) is 14.7. The number of rotatable bonds is 2. The summed E-state index contributed by atoms with van der Waals surface area (Å²) in [6.07, 6.45) is 1.91. The first-order valence-electron chi connectivity index (χ1n) is 6.30. The standard InChI is InChI=1S/C15H15ClN2O/c1-2-3-4-10-18-15(19)9-8-14(17-18)12-6-5-7-13(16)11-12/h5-7,11H,2,8-10H2,1H3. The zero-order valence-corrected chi connectivity index (χ0v) is 11.6. The minimum absolute atomic E-state index is 0.0242. The molecular formula is C15H15ClN2O. The Morgan fingerprint density at radius 1 is 1.37 bits per heavy atom. The number of hydrogen-bond donors (Lipinski definition) is 0. The molecule has 1 amide bonds. The SMILES string of the molecule is CCC#CCN1N=C(c2cccc(Cl)c2)CCC1=O. The van der Waals surface area contributed by atoms with E-state index in [0.29, 0.717) is 24.4 Å². The van der Waals surface area contributed by atoms with Gasteiger partial charge in [-0.05, 0) is 17.7 Å². The van der Waals surface area contributed by atoms with Crippen molar-refractivity contribution >= 4 is 23.2 Å². The number of halogens is 1. The maximum absolute atomic E-state index is 11.8. The lowest BCUT2D eigenvalue weighted by atomic mass is 10.0. The van der Waals surface area contributed by atoms with E-state index < -0.39 is 0 Å². The molecule has 0 aromatic heterocycles. The number of carbonyl (C=O) groups excluding carboxylic acids is 1. The minimum Gasteiger partial charge on any atom is -0.273 e. The van der Waals surface area contributed by atoms with E-state index >= 15 is 0 Å².